The summed E-state index contributed by atoms with van der Waals surface area (Å²) in [5, 5.41) is 3.06. The highest BCUT2D eigenvalue weighted by molar-refractivity contribution is 5.95. The van der Waals surface area contributed by atoms with Gasteiger partial charge in [-0.15, -0.1) is 0 Å². The molecule has 5 nitrogen and oxygen atoms in total. The van der Waals surface area contributed by atoms with Crippen LogP contribution in [-0.2, 0) is 4.79 Å². The number of carbonyl (C=O) groups is 2. The normalized spacial score (nSPS) is 19.6. The number of likely N-dealkylation sites (tertiary alicyclic amines) is 1. The van der Waals surface area contributed by atoms with E-state index in [2.05, 4.69) is 10.3 Å². The Hall–Kier alpha value is -1.78. The molecule has 2 aliphatic rings. The van der Waals surface area contributed by atoms with Crippen molar-refractivity contribution in [3.05, 3.63) is 23.5 Å². The summed E-state index contributed by atoms with van der Waals surface area (Å²) in [7, 11) is 0. The van der Waals surface area contributed by atoms with Crippen molar-refractivity contribution in [2.45, 2.75) is 38.5 Å². The summed E-state index contributed by atoms with van der Waals surface area (Å²) in [5.41, 5.74) is 1.90. The van der Waals surface area contributed by atoms with Crippen molar-refractivity contribution >= 4 is 11.8 Å². The third-order valence-electron chi connectivity index (χ3n) is 4.62. The van der Waals surface area contributed by atoms with E-state index in [1.165, 1.54) is 12.8 Å². The highest BCUT2D eigenvalue weighted by atomic mass is 16.2. The molecule has 0 radical (unpaired) electrons. The second kappa shape index (κ2) is 5.92. The Labute approximate surface area is 125 Å². The maximum atomic E-state index is 12.3. The van der Waals surface area contributed by atoms with E-state index in [0.717, 1.165) is 37.2 Å². The number of nitrogens with one attached hydrogen (secondary N) is 2. The van der Waals surface area contributed by atoms with E-state index >= 15 is 0 Å². The van der Waals surface area contributed by atoms with Crippen LogP contribution >= 0.6 is 0 Å². The van der Waals surface area contributed by atoms with Gasteiger partial charge < -0.3 is 15.2 Å². The van der Waals surface area contributed by atoms with Gasteiger partial charge in [0.15, 0.2) is 0 Å². The lowest BCUT2D eigenvalue weighted by atomic mass is 9.96. The number of hydrogen-bond acceptors (Lipinski definition) is 2. The first kappa shape index (κ1) is 14.2. The Bertz CT molecular complexity index is 525. The van der Waals surface area contributed by atoms with Crippen molar-refractivity contribution in [1.29, 1.82) is 0 Å². The summed E-state index contributed by atoms with van der Waals surface area (Å²) >= 11 is 0. The van der Waals surface area contributed by atoms with Gasteiger partial charge in [-0.1, -0.05) is 0 Å². The first-order valence-corrected chi connectivity index (χ1v) is 7.86. The zero-order valence-electron chi connectivity index (χ0n) is 12.5. The van der Waals surface area contributed by atoms with E-state index in [4.69, 9.17) is 0 Å². The van der Waals surface area contributed by atoms with Crippen molar-refractivity contribution in [3.63, 3.8) is 0 Å². The van der Waals surface area contributed by atoms with Gasteiger partial charge in [0, 0.05) is 38.4 Å². The number of carbonyl (C=O) groups excluding carboxylic acids is 2. The van der Waals surface area contributed by atoms with Crippen LogP contribution in [0.15, 0.2) is 12.3 Å². The lowest BCUT2D eigenvalue weighted by molar-refractivity contribution is -0.130. The van der Waals surface area contributed by atoms with Crippen LogP contribution in [-0.4, -0.2) is 41.3 Å². The second-order valence-corrected chi connectivity index (χ2v) is 6.24. The van der Waals surface area contributed by atoms with Crippen LogP contribution in [0, 0.1) is 5.92 Å². The van der Waals surface area contributed by atoms with Gasteiger partial charge in [0.05, 0.1) is 5.56 Å². The number of H-pyrrole nitrogens is 1. The number of piperidine rings is 1. The molecule has 1 saturated carbocycles. The summed E-state index contributed by atoms with van der Waals surface area (Å²) in [6.45, 7) is 3.95. The molecule has 21 heavy (non-hydrogen) atoms. The number of nitrogens with zero attached hydrogens (tertiary/aromatic N) is 1. The molecule has 2 heterocycles. The number of hydrogen-bond donors (Lipinski definition) is 2. The highest BCUT2D eigenvalue weighted by Gasteiger charge is 2.29. The average Bonchev–Trinajstić information content (AvgIpc) is 3.22. The average molecular weight is 289 g/mol. The zero-order chi connectivity index (χ0) is 14.8. The van der Waals surface area contributed by atoms with Crippen LogP contribution in [0.4, 0.5) is 0 Å². The fourth-order valence-corrected chi connectivity index (χ4v) is 3.07. The van der Waals surface area contributed by atoms with E-state index in [1.807, 2.05) is 17.2 Å². The summed E-state index contributed by atoms with van der Waals surface area (Å²) < 4.78 is 0. The lowest BCUT2D eigenvalue weighted by Gasteiger charge is -2.31. The number of rotatable bonds is 4. The summed E-state index contributed by atoms with van der Waals surface area (Å²) in [5.74, 6) is 1.22. The quantitative estimate of drug-likeness (QED) is 0.889. The molecule has 0 aromatic carbocycles. The fourth-order valence-electron chi connectivity index (χ4n) is 3.07. The van der Waals surface area contributed by atoms with Crippen LogP contribution in [0.5, 0.6) is 0 Å². The molecule has 1 saturated heterocycles. The first-order chi connectivity index (χ1) is 10.1. The lowest BCUT2D eigenvalue weighted by Crippen LogP contribution is -2.40. The Morgan fingerprint density at radius 2 is 2.00 bits per heavy atom. The van der Waals surface area contributed by atoms with Crippen molar-refractivity contribution in [3.8, 4) is 0 Å². The standard InChI is InChI=1S/C16H23N3O2/c1-11(20)19-8-5-12(6-9-19)10-18-16(21)14-4-7-17-15(14)13-2-3-13/h4,7,12-13,17H,2-3,5-6,8-10H2,1H3,(H,18,21). The molecule has 2 fully saturated rings. The maximum Gasteiger partial charge on any atom is 0.253 e. The Morgan fingerprint density at radius 1 is 1.29 bits per heavy atom. The van der Waals surface area contributed by atoms with Crippen molar-refractivity contribution in [1.82, 2.24) is 15.2 Å². The van der Waals surface area contributed by atoms with E-state index in [0.29, 0.717) is 18.4 Å². The molecule has 0 spiro atoms. The number of aromatic amines is 1. The molecule has 0 bridgehead atoms. The SMILES string of the molecule is CC(=O)N1CCC(CNC(=O)c2cc[nH]c2C2CC2)CC1. The van der Waals surface area contributed by atoms with E-state index in [9.17, 15) is 9.59 Å². The molecule has 2 N–H and O–H groups in total. The van der Waals surface area contributed by atoms with Crippen LogP contribution in [0.25, 0.3) is 0 Å². The van der Waals surface area contributed by atoms with Gasteiger partial charge >= 0.3 is 0 Å². The monoisotopic (exact) mass is 289 g/mol. The van der Waals surface area contributed by atoms with Gasteiger partial charge in [0.25, 0.3) is 5.91 Å². The molecule has 1 aliphatic heterocycles. The van der Waals surface area contributed by atoms with Crippen molar-refractivity contribution in [2.24, 2.45) is 5.92 Å². The molecule has 114 valence electrons. The minimum absolute atomic E-state index is 0.0344. The second-order valence-electron chi connectivity index (χ2n) is 6.24. The molecule has 5 heteroatoms. The molecular formula is C16H23N3O2. The largest absolute Gasteiger partial charge is 0.364 e. The molecule has 2 amide bonds. The first-order valence-electron chi connectivity index (χ1n) is 7.86. The summed E-state index contributed by atoms with van der Waals surface area (Å²) in [4.78, 5) is 28.6. The minimum atomic E-state index is 0.0344. The van der Waals surface area contributed by atoms with Crippen LogP contribution < -0.4 is 5.32 Å². The smallest absolute Gasteiger partial charge is 0.253 e. The zero-order valence-corrected chi connectivity index (χ0v) is 12.5. The third kappa shape index (κ3) is 3.28. The summed E-state index contributed by atoms with van der Waals surface area (Å²) in [6.07, 6.45) is 6.17. The highest BCUT2D eigenvalue weighted by Crippen LogP contribution is 2.40. The van der Waals surface area contributed by atoms with Crippen molar-refractivity contribution < 1.29 is 9.59 Å². The van der Waals surface area contributed by atoms with E-state index in [-0.39, 0.29) is 11.8 Å². The van der Waals surface area contributed by atoms with Crippen LogP contribution in [0.1, 0.15) is 54.6 Å². The Kier molecular flexibility index (Phi) is 3.99. The number of amides is 2. The molecule has 3 rings (SSSR count). The molecule has 1 aromatic heterocycles. The molecule has 0 atom stereocenters. The van der Waals surface area contributed by atoms with Crippen LogP contribution in [0.3, 0.4) is 0 Å². The predicted molar refractivity (Wildman–Crippen MR) is 80.1 cm³/mol. The van der Waals surface area contributed by atoms with Gasteiger partial charge in [-0.05, 0) is 43.6 Å². The van der Waals surface area contributed by atoms with E-state index in [1.54, 1.807) is 6.92 Å². The van der Waals surface area contributed by atoms with Gasteiger partial charge in [-0.2, -0.15) is 0 Å². The molecular weight excluding hydrogens is 266 g/mol. The van der Waals surface area contributed by atoms with Gasteiger partial charge in [0.1, 0.15) is 0 Å². The third-order valence-corrected chi connectivity index (χ3v) is 4.62. The molecule has 1 aliphatic carbocycles. The summed E-state index contributed by atoms with van der Waals surface area (Å²) in [6, 6.07) is 1.88. The Balaban J connectivity index is 1.48. The molecule has 1 aromatic rings. The van der Waals surface area contributed by atoms with Crippen LogP contribution in [0.2, 0.25) is 0 Å². The van der Waals surface area contributed by atoms with Crippen molar-refractivity contribution in [2.75, 3.05) is 19.6 Å². The van der Waals surface area contributed by atoms with E-state index < -0.39 is 0 Å². The fraction of sp³-hybridized carbons (Fsp3) is 0.625. The van der Waals surface area contributed by atoms with Gasteiger partial charge in [-0.3, -0.25) is 9.59 Å². The maximum absolute atomic E-state index is 12.3. The topological polar surface area (TPSA) is 65.2 Å². The predicted octanol–water partition coefficient (Wildman–Crippen LogP) is 1.88. The molecule has 0 unspecified atom stereocenters. The Morgan fingerprint density at radius 3 is 2.62 bits per heavy atom. The number of aromatic nitrogens is 1. The van der Waals surface area contributed by atoms with Gasteiger partial charge in [0.2, 0.25) is 5.91 Å². The van der Waals surface area contributed by atoms with Gasteiger partial charge in [-0.25, -0.2) is 0 Å². The minimum Gasteiger partial charge on any atom is -0.364 e.